The Morgan fingerprint density at radius 1 is 1.25 bits per heavy atom. The molecule has 0 aliphatic heterocycles. The van der Waals surface area contributed by atoms with Crippen LogP contribution >= 0.6 is 23.2 Å². The van der Waals surface area contributed by atoms with Gasteiger partial charge in [-0.05, 0) is 6.07 Å². The summed E-state index contributed by atoms with van der Waals surface area (Å²) in [5.41, 5.74) is 0.456. The molecular formula is C11H6Cl2FNO. The van der Waals surface area contributed by atoms with Gasteiger partial charge < -0.3 is 5.11 Å². The van der Waals surface area contributed by atoms with Crippen LogP contribution in [0, 0.1) is 5.82 Å². The monoisotopic (exact) mass is 257 g/mol. The second-order valence-corrected chi connectivity index (χ2v) is 3.91. The number of rotatable bonds is 1. The molecule has 0 unspecified atom stereocenters. The van der Waals surface area contributed by atoms with E-state index in [9.17, 15) is 4.39 Å². The van der Waals surface area contributed by atoms with E-state index in [0.29, 0.717) is 10.6 Å². The van der Waals surface area contributed by atoms with Gasteiger partial charge >= 0.3 is 0 Å². The minimum atomic E-state index is -0.649. The third kappa shape index (κ3) is 1.96. The minimum Gasteiger partial charge on any atom is -0.506 e. The summed E-state index contributed by atoms with van der Waals surface area (Å²) in [7, 11) is 0. The molecule has 1 aromatic heterocycles. The van der Waals surface area contributed by atoms with Crippen LogP contribution in [0.15, 0.2) is 30.5 Å². The molecule has 0 bridgehead atoms. The molecule has 0 aliphatic rings. The van der Waals surface area contributed by atoms with E-state index >= 15 is 0 Å². The summed E-state index contributed by atoms with van der Waals surface area (Å²) in [6.07, 6.45) is 1.15. The number of aromatic hydroxyl groups is 1. The standard InChI is InChI=1S/C11H6Cl2FNO/c12-8-3-1-2-7(10(8)13)11-9(14)4-6(16)5-15-11/h1-5,16H. The predicted octanol–water partition coefficient (Wildman–Crippen LogP) is 3.90. The fraction of sp³-hybridized carbons (Fsp3) is 0. The highest BCUT2D eigenvalue weighted by atomic mass is 35.5. The summed E-state index contributed by atoms with van der Waals surface area (Å²) in [6.45, 7) is 0. The SMILES string of the molecule is Oc1cnc(-c2cccc(Cl)c2Cl)c(F)c1. The Kier molecular flexibility index (Phi) is 2.99. The number of halogens is 3. The summed E-state index contributed by atoms with van der Waals surface area (Å²) < 4.78 is 13.5. The summed E-state index contributed by atoms with van der Waals surface area (Å²) in [5.74, 6) is -0.886. The van der Waals surface area contributed by atoms with Crippen molar-refractivity contribution in [1.82, 2.24) is 4.98 Å². The molecule has 0 saturated carbocycles. The Balaban J connectivity index is 2.63. The number of hydrogen-bond donors (Lipinski definition) is 1. The normalized spacial score (nSPS) is 10.4. The van der Waals surface area contributed by atoms with Gasteiger partial charge in [0.15, 0.2) is 5.82 Å². The van der Waals surface area contributed by atoms with Crippen molar-refractivity contribution in [3.8, 4) is 17.0 Å². The fourth-order valence-electron chi connectivity index (χ4n) is 1.31. The molecule has 0 fully saturated rings. The maximum absolute atomic E-state index is 13.5. The van der Waals surface area contributed by atoms with E-state index in [1.807, 2.05) is 0 Å². The van der Waals surface area contributed by atoms with Gasteiger partial charge in [-0.1, -0.05) is 35.3 Å². The van der Waals surface area contributed by atoms with Crippen LogP contribution in [0.2, 0.25) is 10.0 Å². The average Bonchev–Trinajstić information content (AvgIpc) is 2.23. The molecule has 82 valence electrons. The first-order valence-electron chi connectivity index (χ1n) is 4.38. The Bertz CT molecular complexity index is 546. The molecule has 1 heterocycles. The van der Waals surface area contributed by atoms with Crippen LogP contribution in [0.3, 0.4) is 0 Å². The molecule has 0 atom stereocenters. The van der Waals surface area contributed by atoms with Crippen molar-refractivity contribution in [1.29, 1.82) is 0 Å². The van der Waals surface area contributed by atoms with Gasteiger partial charge in [-0.15, -0.1) is 0 Å². The average molecular weight is 258 g/mol. The van der Waals surface area contributed by atoms with Gasteiger partial charge in [-0.25, -0.2) is 9.37 Å². The fourth-order valence-corrected chi connectivity index (χ4v) is 1.70. The van der Waals surface area contributed by atoms with Crippen molar-refractivity contribution in [3.05, 3.63) is 46.3 Å². The molecule has 1 aromatic carbocycles. The van der Waals surface area contributed by atoms with E-state index in [0.717, 1.165) is 12.3 Å². The lowest BCUT2D eigenvalue weighted by atomic mass is 10.1. The van der Waals surface area contributed by atoms with Gasteiger partial charge in [0.05, 0.1) is 16.2 Å². The van der Waals surface area contributed by atoms with Crippen molar-refractivity contribution in [3.63, 3.8) is 0 Å². The van der Waals surface area contributed by atoms with Crippen molar-refractivity contribution in [2.24, 2.45) is 0 Å². The number of hydrogen-bond acceptors (Lipinski definition) is 2. The van der Waals surface area contributed by atoms with Crippen molar-refractivity contribution >= 4 is 23.2 Å². The third-order valence-electron chi connectivity index (χ3n) is 2.03. The molecule has 2 aromatic rings. The molecule has 2 nitrogen and oxygen atoms in total. The topological polar surface area (TPSA) is 33.1 Å². The van der Waals surface area contributed by atoms with Crippen LogP contribution < -0.4 is 0 Å². The van der Waals surface area contributed by atoms with Crippen LogP contribution in [0.5, 0.6) is 5.75 Å². The Morgan fingerprint density at radius 2 is 2.00 bits per heavy atom. The number of aromatic nitrogens is 1. The summed E-state index contributed by atoms with van der Waals surface area (Å²) in [6, 6.07) is 5.83. The molecule has 5 heteroatoms. The van der Waals surface area contributed by atoms with E-state index < -0.39 is 5.82 Å². The number of nitrogens with zero attached hydrogens (tertiary/aromatic N) is 1. The van der Waals surface area contributed by atoms with E-state index in [2.05, 4.69) is 4.98 Å². The minimum absolute atomic E-state index is 0.0605. The summed E-state index contributed by atoms with van der Waals surface area (Å²) in [4.78, 5) is 3.78. The largest absolute Gasteiger partial charge is 0.506 e. The maximum Gasteiger partial charge on any atom is 0.153 e. The number of benzene rings is 1. The molecule has 16 heavy (non-hydrogen) atoms. The lowest BCUT2D eigenvalue weighted by Crippen LogP contribution is -1.90. The van der Waals surface area contributed by atoms with E-state index in [1.54, 1.807) is 18.2 Å². The van der Waals surface area contributed by atoms with Gasteiger partial charge in [-0.2, -0.15) is 0 Å². The smallest absolute Gasteiger partial charge is 0.153 e. The highest BCUT2D eigenvalue weighted by Gasteiger charge is 2.12. The van der Waals surface area contributed by atoms with Crippen LogP contribution in [0.25, 0.3) is 11.3 Å². The Morgan fingerprint density at radius 3 is 2.69 bits per heavy atom. The lowest BCUT2D eigenvalue weighted by Gasteiger charge is -2.06. The quantitative estimate of drug-likeness (QED) is 0.841. The van der Waals surface area contributed by atoms with E-state index in [-0.39, 0.29) is 16.5 Å². The zero-order valence-electron chi connectivity index (χ0n) is 7.92. The summed E-state index contributed by atoms with van der Waals surface area (Å²) in [5, 5.41) is 9.61. The van der Waals surface area contributed by atoms with Gasteiger partial charge in [0.25, 0.3) is 0 Å². The first-order chi connectivity index (χ1) is 7.59. The zero-order chi connectivity index (χ0) is 11.7. The molecule has 0 saturated heterocycles. The van der Waals surface area contributed by atoms with Gasteiger partial charge in [0, 0.05) is 11.6 Å². The predicted molar refractivity (Wildman–Crippen MR) is 61.3 cm³/mol. The van der Waals surface area contributed by atoms with Gasteiger partial charge in [0.1, 0.15) is 11.4 Å². The highest BCUT2D eigenvalue weighted by molar-refractivity contribution is 6.43. The van der Waals surface area contributed by atoms with Gasteiger partial charge in [-0.3, -0.25) is 0 Å². The summed E-state index contributed by atoms with van der Waals surface area (Å²) >= 11 is 11.8. The van der Waals surface area contributed by atoms with Crippen LogP contribution in [-0.4, -0.2) is 10.1 Å². The lowest BCUT2D eigenvalue weighted by molar-refractivity contribution is 0.466. The second-order valence-electron chi connectivity index (χ2n) is 3.13. The Labute approximate surface area is 101 Å². The molecule has 0 aliphatic carbocycles. The van der Waals surface area contributed by atoms with E-state index in [1.165, 1.54) is 0 Å². The highest BCUT2D eigenvalue weighted by Crippen LogP contribution is 2.34. The Hall–Kier alpha value is -1.32. The second kappa shape index (κ2) is 4.28. The first kappa shape index (κ1) is 11.2. The molecule has 0 radical (unpaired) electrons. The third-order valence-corrected chi connectivity index (χ3v) is 2.85. The van der Waals surface area contributed by atoms with E-state index in [4.69, 9.17) is 28.3 Å². The molecule has 2 rings (SSSR count). The number of pyridine rings is 1. The van der Waals surface area contributed by atoms with Crippen LogP contribution in [0.1, 0.15) is 0 Å². The van der Waals surface area contributed by atoms with Crippen molar-refractivity contribution in [2.45, 2.75) is 0 Å². The van der Waals surface area contributed by atoms with Crippen LogP contribution in [0.4, 0.5) is 4.39 Å². The van der Waals surface area contributed by atoms with Crippen LogP contribution in [-0.2, 0) is 0 Å². The zero-order valence-corrected chi connectivity index (χ0v) is 9.43. The van der Waals surface area contributed by atoms with Crippen molar-refractivity contribution in [2.75, 3.05) is 0 Å². The van der Waals surface area contributed by atoms with Gasteiger partial charge in [0.2, 0.25) is 0 Å². The first-order valence-corrected chi connectivity index (χ1v) is 5.14. The molecule has 0 amide bonds. The molecule has 0 spiro atoms. The maximum atomic E-state index is 13.5. The van der Waals surface area contributed by atoms with Crippen molar-refractivity contribution < 1.29 is 9.50 Å². The molecule has 1 N–H and O–H groups in total. The molecular weight excluding hydrogens is 252 g/mol.